The first-order chi connectivity index (χ1) is 5.43. The normalized spacial score (nSPS) is 21.2. The van der Waals surface area contributed by atoms with Crippen LogP contribution in [0.4, 0.5) is 0 Å². The van der Waals surface area contributed by atoms with Crippen molar-refractivity contribution in [1.82, 2.24) is 0 Å². The van der Waals surface area contributed by atoms with Crippen molar-refractivity contribution in [1.29, 1.82) is 0 Å². The molecule has 0 bridgehead atoms. The Morgan fingerprint density at radius 3 is 2.73 bits per heavy atom. The van der Waals surface area contributed by atoms with Crippen molar-refractivity contribution >= 4 is 9.52 Å². The summed E-state index contributed by atoms with van der Waals surface area (Å²) in [5, 5.41) is 0. The van der Waals surface area contributed by atoms with Crippen molar-refractivity contribution in [3.8, 4) is 0 Å². The highest BCUT2D eigenvalue weighted by molar-refractivity contribution is 6.41. The van der Waals surface area contributed by atoms with Crippen LogP contribution >= 0.6 is 0 Å². The van der Waals surface area contributed by atoms with E-state index in [9.17, 15) is 0 Å². The molecule has 0 aromatic rings. The van der Waals surface area contributed by atoms with E-state index in [0.29, 0.717) is 0 Å². The Kier molecular flexibility index (Phi) is 4.60. The van der Waals surface area contributed by atoms with Gasteiger partial charge in [-0.05, 0) is 12.8 Å². The first-order valence-electron chi connectivity index (χ1n) is 5.04. The van der Waals surface area contributed by atoms with Gasteiger partial charge >= 0.3 is 0 Å². The van der Waals surface area contributed by atoms with E-state index in [1.54, 1.807) is 6.04 Å². The zero-order chi connectivity index (χ0) is 7.94. The van der Waals surface area contributed by atoms with Gasteiger partial charge in [0.25, 0.3) is 0 Å². The molecule has 1 fully saturated rings. The summed E-state index contributed by atoms with van der Waals surface area (Å²) in [5.41, 5.74) is 2.43. The van der Waals surface area contributed by atoms with Crippen molar-refractivity contribution in [2.24, 2.45) is 5.92 Å². The van der Waals surface area contributed by atoms with E-state index in [1.807, 2.05) is 0 Å². The van der Waals surface area contributed by atoms with Gasteiger partial charge in [0.2, 0.25) is 0 Å². The minimum absolute atomic E-state index is 0.197. The molecule has 1 aliphatic rings. The first-order valence-corrected chi connectivity index (χ1v) is 6.86. The molecular formula is C10H20Si. The Hall–Kier alpha value is -0.0431. The van der Waals surface area contributed by atoms with Crippen LogP contribution in [0.1, 0.15) is 39.0 Å². The summed E-state index contributed by atoms with van der Waals surface area (Å²) in [5.74, 6) is 1.12. The molecule has 0 radical (unpaired) electrons. The van der Waals surface area contributed by atoms with Gasteiger partial charge in [-0.15, -0.1) is 5.70 Å². The predicted molar refractivity (Wildman–Crippen MR) is 54.7 cm³/mol. The van der Waals surface area contributed by atoms with E-state index in [-0.39, 0.29) is 9.52 Å². The van der Waals surface area contributed by atoms with E-state index in [2.05, 4.69) is 18.7 Å². The van der Waals surface area contributed by atoms with E-state index in [4.69, 9.17) is 0 Å². The fourth-order valence-electron chi connectivity index (χ4n) is 1.99. The smallest absolute Gasteiger partial charge is 0.0450 e. The van der Waals surface area contributed by atoms with Crippen molar-refractivity contribution in [3.05, 3.63) is 11.8 Å². The Labute approximate surface area is 72.9 Å². The molecule has 0 heterocycles. The van der Waals surface area contributed by atoms with Crippen LogP contribution in [0.5, 0.6) is 0 Å². The monoisotopic (exact) mass is 168 g/mol. The molecule has 0 nitrogen and oxygen atoms in total. The average Bonchev–Trinajstić information content (AvgIpc) is 2.50. The molecule has 0 N–H and O–H groups in total. The van der Waals surface area contributed by atoms with Gasteiger partial charge in [0.1, 0.15) is 0 Å². The van der Waals surface area contributed by atoms with Gasteiger partial charge in [-0.2, -0.15) is 0 Å². The molecule has 1 heteroatoms. The van der Waals surface area contributed by atoms with Gasteiger partial charge in [0, 0.05) is 9.52 Å². The van der Waals surface area contributed by atoms with E-state index in [0.717, 1.165) is 5.92 Å². The summed E-state index contributed by atoms with van der Waals surface area (Å²) in [7, 11) is 0.197. The lowest BCUT2D eigenvalue weighted by atomic mass is 10.1. The average molecular weight is 168 g/mol. The van der Waals surface area contributed by atoms with Crippen molar-refractivity contribution in [3.63, 3.8) is 0 Å². The maximum atomic E-state index is 2.43. The summed E-state index contributed by atoms with van der Waals surface area (Å²) in [6, 6.07) is 1.55. The van der Waals surface area contributed by atoms with Gasteiger partial charge in [-0.25, -0.2) is 0 Å². The van der Waals surface area contributed by atoms with Crippen molar-refractivity contribution < 1.29 is 0 Å². The van der Waals surface area contributed by atoms with Gasteiger partial charge in [0.15, 0.2) is 0 Å². The zero-order valence-electron chi connectivity index (χ0n) is 7.68. The van der Waals surface area contributed by atoms with Crippen LogP contribution in [-0.4, -0.2) is 9.52 Å². The molecule has 0 spiro atoms. The van der Waals surface area contributed by atoms with E-state index >= 15 is 0 Å². The maximum Gasteiger partial charge on any atom is 0.0450 e. The molecule has 0 atom stereocenters. The minimum atomic E-state index is 0.197. The molecule has 0 amide bonds. The highest BCUT2D eigenvalue weighted by Gasteiger charge is 2.13. The summed E-state index contributed by atoms with van der Waals surface area (Å²) < 4.78 is 0. The second kappa shape index (κ2) is 5.59. The maximum absolute atomic E-state index is 2.43. The van der Waals surface area contributed by atoms with Crippen LogP contribution in [0.2, 0.25) is 6.04 Å². The van der Waals surface area contributed by atoms with Crippen LogP contribution in [0.3, 0.4) is 0 Å². The van der Waals surface area contributed by atoms with Crippen molar-refractivity contribution in [2.45, 2.75) is 45.1 Å². The fourth-order valence-corrected chi connectivity index (χ4v) is 3.37. The lowest BCUT2D eigenvalue weighted by molar-refractivity contribution is 0.530. The zero-order valence-corrected chi connectivity index (χ0v) is 9.10. The molecule has 1 rings (SSSR count). The highest BCUT2D eigenvalue weighted by atomic mass is 28.2. The first kappa shape index (κ1) is 9.05. The molecule has 0 aliphatic heterocycles. The summed E-state index contributed by atoms with van der Waals surface area (Å²) in [6.45, 7) is 2.14. The third-order valence-corrected chi connectivity index (χ3v) is 4.31. The Bertz CT molecular complexity index is 112. The summed E-state index contributed by atoms with van der Waals surface area (Å²) >= 11 is 0. The van der Waals surface area contributed by atoms with Crippen LogP contribution in [-0.2, 0) is 0 Å². The second-order valence-corrected chi connectivity index (χ2v) is 5.41. The van der Waals surface area contributed by atoms with E-state index < -0.39 is 0 Å². The third kappa shape index (κ3) is 3.75. The lowest BCUT2D eigenvalue weighted by Crippen LogP contribution is -1.94. The highest BCUT2D eigenvalue weighted by Crippen LogP contribution is 2.28. The molecule has 1 saturated carbocycles. The van der Waals surface area contributed by atoms with Crippen LogP contribution < -0.4 is 0 Å². The number of hydrogen-bond acceptors (Lipinski definition) is 0. The Morgan fingerprint density at radius 1 is 1.36 bits per heavy atom. The Balaban J connectivity index is 1.93. The van der Waals surface area contributed by atoms with Gasteiger partial charge in [0.05, 0.1) is 0 Å². The molecule has 64 valence electrons. The van der Waals surface area contributed by atoms with Gasteiger partial charge in [-0.1, -0.05) is 44.2 Å². The topological polar surface area (TPSA) is 0 Å². The second-order valence-electron chi connectivity index (χ2n) is 3.65. The number of hydrogen-bond donors (Lipinski definition) is 0. The molecular weight excluding hydrogens is 148 g/mol. The molecule has 0 unspecified atom stereocenters. The lowest BCUT2D eigenvalue weighted by Gasteiger charge is -2.05. The fraction of sp³-hybridized carbons (Fsp3) is 0.800. The van der Waals surface area contributed by atoms with Gasteiger partial charge in [-0.3, -0.25) is 0 Å². The molecule has 0 saturated heterocycles. The molecule has 0 aromatic carbocycles. The summed E-state index contributed by atoms with van der Waals surface area (Å²) in [4.78, 5) is 0. The molecule has 0 aromatic heterocycles. The molecule has 1 aliphatic carbocycles. The number of allylic oxidation sites excluding steroid dienone is 1. The number of rotatable bonds is 4. The standard InChI is InChI=1S/C10H20Si/c1-2-8-11-9-7-10-5-3-4-6-10/h2,8,10H,3-7,9,11H2,1H3. The molecule has 11 heavy (non-hydrogen) atoms. The Morgan fingerprint density at radius 2 is 2.09 bits per heavy atom. The van der Waals surface area contributed by atoms with Crippen LogP contribution in [0, 0.1) is 5.92 Å². The van der Waals surface area contributed by atoms with E-state index in [1.165, 1.54) is 32.1 Å². The quantitative estimate of drug-likeness (QED) is 0.447. The predicted octanol–water partition coefficient (Wildman–Crippen LogP) is 2.69. The largest absolute Gasteiger partial charge is 0.106 e. The summed E-state index contributed by atoms with van der Waals surface area (Å²) in [6.07, 6.45) is 9.84. The SMILES string of the molecule is CC=C[SiH2]CCC1CCCC1. The van der Waals surface area contributed by atoms with Crippen LogP contribution in [0.15, 0.2) is 11.8 Å². The van der Waals surface area contributed by atoms with Gasteiger partial charge < -0.3 is 0 Å². The minimum Gasteiger partial charge on any atom is -0.106 e. The van der Waals surface area contributed by atoms with Crippen molar-refractivity contribution in [2.75, 3.05) is 0 Å². The van der Waals surface area contributed by atoms with Crippen LogP contribution in [0.25, 0.3) is 0 Å². The third-order valence-electron chi connectivity index (χ3n) is 2.69.